The summed E-state index contributed by atoms with van der Waals surface area (Å²) >= 11 is 6.05. The van der Waals surface area contributed by atoms with Crippen LogP contribution in [0.25, 0.3) is 0 Å². The summed E-state index contributed by atoms with van der Waals surface area (Å²) in [6.45, 7) is 4.65. The van der Waals surface area contributed by atoms with Gasteiger partial charge in [0, 0.05) is 12.2 Å². The number of piperidine rings is 1. The third kappa shape index (κ3) is 4.12. The minimum absolute atomic E-state index is 0.0200. The molecule has 4 nitrogen and oxygen atoms in total. The molecule has 1 atom stereocenters. The maximum atomic E-state index is 12.1. The van der Waals surface area contributed by atoms with Crippen molar-refractivity contribution in [1.29, 1.82) is 0 Å². The lowest BCUT2D eigenvalue weighted by Gasteiger charge is -2.31. The number of halogens is 1. The zero-order chi connectivity index (χ0) is 14.5. The van der Waals surface area contributed by atoms with Gasteiger partial charge < -0.3 is 11.1 Å². The van der Waals surface area contributed by atoms with E-state index in [4.69, 9.17) is 17.3 Å². The van der Waals surface area contributed by atoms with E-state index in [1.165, 1.54) is 19.3 Å². The number of carbonyl (C=O) groups is 1. The van der Waals surface area contributed by atoms with E-state index >= 15 is 0 Å². The summed E-state index contributed by atoms with van der Waals surface area (Å²) in [5.74, 6) is 0.699. The first kappa shape index (κ1) is 15.1. The van der Waals surface area contributed by atoms with Crippen LogP contribution in [0.4, 0.5) is 11.4 Å². The van der Waals surface area contributed by atoms with Gasteiger partial charge in [0.15, 0.2) is 0 Å². The van der Waals surface area contributed by atoms with Gasteiger partial charge in [-0.2, -0.15) is 0 Å². The molecule has 0 aliphatic carbocycles. The van der Waals surface area contributed by atoms with Gasteiger partial charge >= 0.3 is 0 Å². The van der Waals surface area contributed by atoms with Crippen LogP contribution in [-0.4, -0.2) is 30.4 Å². The predicted octanol–water partition coefficient (Wildman–Crippen LogP) is 2.98. The molecule has 1 fully saturated rings. The smallest absolute Gasteiger partial charge is 0.238 e. The number of nitrogen functional groups attached to an aromatic ring is 1. The van der Waals surface area contributed by atoms with Crippen LogP contribution < -0.4 is 11.1 Å². The number of nitrogens with one attached hydrogen (secondary N) is 1. The Hall–Kier alpha value is -1.26. The molecule has 1 aliphatic rings. The minimum atomic E-state index is -0.0200. The number of hydrogen-bond acceptors (Lipinski definition) is 3. The monoisotopic (exact) mass is 295 g/mol. The summed E-state index contributed by atoms with van der Waals surface area (Å²) < 4.78 is 0. The first-order valence-corrected chi connectivity index (χ1v) is 7.53. The fourth-order valence-electron chi connectivity index (χ4n) is 2.65. The number of hydrogen-bond donors (Lipinski definition) is 2. The van der Waals surface area contributed by atoms with Crippen molar-refractivity contribution in [1.82, 2.24) is 4.90 Å². The lowest BCUT2D eigenvalue weighted by molar-refractivity contribution is -0.117. The largest absolute Gasteiger partial charge is 0.399 e. The third-order valence-electron chi connectivity index (χ3n) is 3.81. The fraction of sp³-hybridized carbons (Fsp3) is 0.533. The van der Waals surface area contributed by atoms with Gasteiger partial charge in [0.25, 0.3) is 0 Å². The summed E-state index contributed by atoms with van der Waals surface area (Å²) in [6.07, 6.45) is 3.63. The molecule has 1 heterocycles. The second-order valence-corrected chi connectivity index (χ2v) is 5.85. The predicted molar refractivity (Wildman–Crippen MR) is 83.9 cm³/mol. The highest BCUT2D eigenvalue weighted by molar-refractivity contribution is 6.34. The van der Waals surface area contributed by atoms with E-state index < -0.39 is 0 Å². The highest BCUT2D eigenvalue weighted by Crippen LogP contribution is 2.24. The van der Waals surface area contributed by atoms with Gasteiger partial charge in [-0.3, -0.25) is 9.69 Å². The van der Waals surface area contributed by atoms with E-state index in [0.29, 0.717) is 22.9 Å². The molecule has 1 saturated heterocycles. The molecule has 2 rings (SSSR count). The molecule has 3 N–H and O–H groups in total. The number of likely N-dealkylation sites (tertiary alicyclic amines) is 1. The van der Waals surface area contributed by atoms with Crippen molar-refractivity contribution >= 4 is 28.9 Å². The SMILES string of the molecule is CCC1CCCN(CC(=O)Nc2ccc(N)cc2Cl)C1. The van der Waals surface area contributed by atoms with Gasteiger partial charge in [0.1, 0.15) is 0 Å². The Labute approximate surface area is 125 Å². The average molecular weight is 296 g/mol. The number of amides is 1. The van der Waals surface area contributed by atoms with Crippen LogP contribution in [-0.2, 0) is 4.79 Å². The van der Waals surface area contributed by atoms with E-state index in [1.54, 1.807) is 18.2 Å². The molecule has 5 heteroatoms. The quantitative estimate of drug-likeness (QED) is 0.840. The van der Waals surface area contributed by atoms with Crippen LogP contribution in [0.5, 0.6) is 0 Å². The zero-order valence-electron chi connectivity index (χ0n) is 11.9. The molecule has 1 aromatic rings. The number of nitrogens with zero attached hydrogens (tertiary/aromatic N) is 1. The number of anilines is 2. The van der Waals surface area contributed by atoms with Crippen molar-refractivity contribution in [2.24, 2.45) is 5.92 Å². The molecule has 0 bridgehead atoms. The molecule has 1 unspecified atom stereocenters. The molecule has 110 valence electrons. The molecule has 0 radical (unpaired) electrons. The number of carbonyl (C=O) groups excluding carboxylic acids is 1. The first-order chi connectivity index (χ1) is 9.58. The Balaban J connectivity index is 1.88. The molecule has 1 amide bonds. The van der Waals surface area contributed by atoms with Gasteiger partial charge in [0.05, 0.1) is 17.3 Å². The van der Waals surface area contributed by atoms with Gasteiger partial charge in [-0.05, 0) is 43.5 Å². The first-order valence-electron chi connectivity index (χ1n) is 7.15. The van der Waals surface area contributed by atoms with Crippen molar-refractivity contribution in [3.63, 3.8) is 0 Å². The third-order valence-corrected chi connectivity index (χ3v) is 4.13. The second kappa shape index (κ2) is 6.95. The fourth-order valence-corrected chi connectivity index (χ4v) is 2.89. The molecule has 20 heavy (non-hydrogen) atoms. The molecule has 0 aromatic heterocycles. The molecule has 0 saturated carbocycles. The van der Waals surface area contributed by atoms with Crippen LogP contribution in [0.3, 0.4) is 0 Å². The number of rotatable bonds is 4. The summed E-state index contributed by atoms with van der Waals surface area (Å²) in [6, 6.07) is 5.11. The highest BCUT2D eigenvalue weighted by atomic mass is 35.5. The van der Waals surface area contributed by atoms with Crippen molar-refractivity contribution < 1.29 is 4.79 Å². The van der Waals surface area contributed by atoms with E-state index in [1.807, 2.05) is 0 Å². The summed E-state index contributed by atoms with van der Waals surface area (Å²) in [5.41, 5.74) is 6.85. The Morgan fingerprint density at radius 3 is 3.05 bits per heavy atom. The minimum Gasteiger partial charge on any atom is -0.399 e. The second-order valence-electron chi connectivity index (χ2n) is 5.44. The van der Waals surface area contributed by atoms with Gasteiger partial charge in [-0.15, -0.1) is 0 Å². The number of nitrogens with two attached hydrogens (primary N) is 1. The maximum Gasteiger partial charge on any atom is 0.238 e. The molecule has 1 aromatic carbocycles. The topological polar surface area (TPSA) is 58.4 Å². The normalized spacial score (nSPS) is 19.8. The highest BCUT2D eigenvalue weighted by Gasteiger charge is 2.20. The van der Waals surface area contributed by atoms with Gasteiger partial charge in [-0.25, -0.2) is 0 Å². The van der Waals surface area contributed by atoms with Gasteiger partial charge in [0.2, 0.25) is 5.91 Å². The Morgan fingerprint density at radius 1 is 1.55 bits per heavy atom. The molecular weight excluding hydrogens is 274 g/mol. The van der Waals surface area contributed by atoms with Crippen molar-refractivity contribution in [2.45, 2.75) is 26.2 Å². The van der Waals surface area contributed by atoms with Crippen LogP contribution in [0.1, 0.15) is 26.2 Å². The molecule has 0 spiro atoms. The lowest BCUT2D eigenvalue weighted by atomic mass is 9.96. The van der Waals surface area contributed by atoms with Crippen LogP contribution >= 0.6 is 11.6 Å². The van der Waals surface area contributed by atoms with Crippen LogP contribution in [0, 0.1) is 5.92 Å². The van der Waals surface area contributed by atoms with Crippen LogP contribution in [0.15, 0.2) is 18.2 Å². The van der Waals surface area contributed by atoms with E-state index in [9.17, 15) is 4.79 Å². The molecular formula is C15H22ClN3O. The Kier molecular flexibility index (Phi) is 5.26. The Bertz CT molecular complexity index is 478. The summed E-state index contributed by atoms with van der Waals surface area (Å²) in [5, 5.41) is 3.32. The lowest BCUT2D eigenvalue weighted by Crippen LogP contribution is -2.40. The van der Waals surface area contributed by atoms with Crippen molar-refractivity contribution in [2.75, 3.05) is 30.7 Å². The summed E-state index contributed by atoms with van der Waals surface area (Å²) in [7, 11) is 0. The molecule has 1 aliphatic heterocycles. The van der Waals surface area contributed by atoms with E-state index in [2.05, 4.69) is 17.1 Å². The summed E-state index contributed by atoms with van der Waals surface area (Å²) in [4.78, 5) is 14.3. The number of benzene rings is 1. The van der Waals surface area contributed by atoms with Gasteiger partial charge in [-0.1, -0.05) is 24.9 Å². The zero-order valence-corrected chi connectivity index (χ0v) is 12.6. The van der Waals surface area contributed by atoms with Crippen LogP contribution in [0.2, 0.25) is 5.02 Å². The Morgan fingerprint density at radius 2 is 2.35 bits per heavy atom. The van der Waals surface area contributed by atoms with E-state index in [-0.39, 0.29) is 5.91 Å². The van der Waals surface area contributed by atoms with E-state index in [0.717, 1.165) is 19.0 Å². The standard InChI is InChI=1S/C15H22ClN3O/c1-2-11-4-3-7-19(9-11)10-15(20)18-14-6-5-12(17)8-13(14)16/h5-6,8,11H,2-4,7,9-10,17H2,1H3,(H,18,20). The van der Waals surface area contributed by atoms with Crippen molar-refractivity contribution in [3.8, 4) is 0 Å². The van der Waals surface area contributed by atoms with Crippen molar-refractivity contribution in [3.05, 3.63) is 23.2 Å². The average Bonchev–Trinajstić information content (AvgIpc) is 2.42. The maximum absolute atomic E-state index is 12.1.